The first kappa shape index (κ1) is 10.8. The highest BCUT2D eigenvalue weighted by molar-refractivity contribution is 7.15. The molecule has 0 aliphatic heterocycles. The number of aromatic nitrogens is 2. The summed E-state index contributed by atoms with van der Waals surface area (Å²) in [6.07, 6.45) is 1.11. The first-order chi connectivity index (χ1) is 7.52. The Hall–Kier alpha value is -1.69. The molecule has 2 rings (SSSR count). The van der Waals surface area contributed by atoms with Gasteiger partial charge in [-0.3, -0.25) is 9.20 Å². The summed E-state index contributed by atoms with van der Waals surface area (Å²) in [5.74, 6) is -1.09. The molecule has 6 heteroatoms. The second-order valence-corrected chi connectivity index (χ2v) is 4.55. The molecule has 2 aromatic heterocycles. The van der Waals surface area contributed by atoms with Crippen molar-refractivity contribution in [1.29, 1.82) is 0 Å². The maximum Gasteiger partial charge on any atom is 0.342 e. The summed E-state index contributed by atoms with van der Waals surface area (Å²) >= 11 is 1.34. The van der Waals surface area contributed by atoms with Gasteiger partial charge in [-0.05, 0) is 5.92 Å². The van der Waals surface area contributed by atoms with Gasteiger partial charge in [0.25, 0.3) is 5.56 Å². The van der Waals surface area contributed by atoms with E-state index in [4.69, 9.17) is 5.11 Å². The molecule has 0 bridgehead atoms. The molecule has 2 heterocycles. The number of nitrogens with zero attached hydrogens (tertiary/aromatic N) is 2. The number of fused-ring (bicyclic) bond motifs is 1. The molecule has 0 saturated carbocycles. The fraction of sp³-hybridized carbons (Fsp3) is 0.300. The van der Waals surface area contributed by atoms with Gasteiger partial charge in [-0.25, -0.2) is 9.78 Å². The Kier molecular flexibility index (Phi) is 2.51. The highest BCUT2D eigenvalue weighted by Gasteiger charge is 2.16. The van der Waals surface area contributed by atoms with Gasteiger partial charge in [0.2, 0.25) is 0 Å². The normalized spacial score (nSPS) is 11.2. The standard InChI is InChI=1S/C10H10N2O3S/c1-5(2)7-4-16-10-11-3-6(9(14)15)8(13)12(7)10/h3-5H,1-2H3,(H,14,15). The summed E-state index contributed by atoms with van der Waals surface area (Å²) in [5, 5.41) is 10.7. The molecule has 0 spiro atoms. The molecule has 0 amide bonds. The highest BCUT2D eigenvalue weighted by atomic mass is 32.1. The van der Waals surface area contributed by atoms with Gasteiger partial charge in [-0.15, -0.1) is 11.3 Å². The fourth-order valence-corrected chi connectivity index (χ4v) is 2.47. The predicted molar refractivity (Wildman–Crippen MR) is 60.4 cm³/mol. The van der Waals surface area contributed by atoms with Crippen LogP contribution >= 0.6 is 11.3 Å². The molecule has 16 heavy (non-hydrogen) atoms. The number of carbonyl (C=O) groups is 1. The molecule has 84 valence electrons. The van der Waals surface area contributed by atoms with E-state index in [1.165, 1.54) is 15.7 Å². The van der Waals surface area contributed by atoms with Crippen LogP contribution in [0.2, 0.25) is 0 Å². The van der Waals surface area contributed by atoms with Crippen LogP contribution in [0.1, 0.15) is 35.8 Å². The second kappa shape index (κ2) is 3.71. The predicted octanol–water partition coefficient (Wildman–Crippen LogP) is 1.58. The number of thiazole rings is 1. The first-order valence-corrected chi connectivity index (χ1v) is 5.62. The van der Waals surface area contributed by atoms with Crippen LogP contribution < -0.4 is 5.56 Å². The van der Waals surface area contributed by atoms with Crippen LogP contribution in [-0.2, 0) is 0 Å². The number of hydrogen-bond acceptors (Lipinski definition) is 4. The molecular weight excluding hydrogens is 228 g/mol. The van der Waals surface area contributed by atoms with Crippen molar-refractivity contribution in [2.45, 2.75) is 19.8 Å². The lowest BCUT2D eigenvalue weighted by Gasteiger charge is -2.04. The van der Waals surface area contributed by atoms with Crippen molar-refractivity contribution in [2.24, 2.45) is 0 Å². The van der Waals surface area contributed by atoms with E-state index in [0.29, 0.717) is 4.96 Å². The maximum absolute atomic E-state index is 11.9. The van der Waals surface area contributed by atoms with E-state index in [0.717, 1.165) is 11.9 Å². The second-order valence-electron chi connectivity index (χ2n) is 3.72. The number of carboxylic acids is 1. The van der Waals surface area contributed by atoms with E-state index in [2.05, 4.69) is 4.98 Å². The lowest BCUT2D eigenvalue weighted by atomic mass is 10.1. The molecule has 5 nitrogen and oxygen atoms in total. The van der Waals surface area contributed by atoms with E-state index >= 15 is 0 Å². The average molecular weight is 238 g/mol. The van der Waals surface area contributed by atoms with Crippen LogP contribution in [0.15, 0.2) is 16.4 Å². The van der Waals surface area contributed by atoms with Crippen molar-refractivity contribution in [2.75, 3.05) is 0 Å². The van der Waals surface area contributed by atoms with Gasteiger partial charge in [-0.1, -0.05) is 13.8 Å². The molecule has 0 radical (unpaired) electrons. The summed E-state index contributed by atoms with van der Waals surface area (Å²) < 4.78 is 1.37. The quantitative estimate of drug-likeness (QED) is 0.862. The van der Waals surface area contributed by atoms with Crippen LogP contribution in [0.25, 0.3) is 4.96 Å². The fourth-order valence-electron chi connectivity index (χ4n) is 1.46. The minimum atomic E-state index is -1.24. The Morgan fingerprint density at radius 3 is 2.81 bits per heavy atom. The van der Waals surface area contributed by atoms with Gasteiger partial charge < -0.3 is 5.11 Å². The molecule has 1 N–H and O–H groups in total. The Morgan fingerprint density at radius 1 is 1.56 bits per heavy atom. The van der Waals surface area contributed by atoms with Crippen LogP contribution in [0.4, 0.5) is 0 Å². The summed E-state index contributed by atoms with van der Waals surface area (Å²) in [6.45, 7) is 3.89. The largest absolute Gasteiger partial charge is 0.477 e. The zero-order valence-electron chi connectivity index (χ0n) is 8.80. The minimum Gasteiger partial charge on any atom is -0.477 e. The third-order valence-corrected chi connectivity index (χ3v) is 3.15. The van der Waals surface area contributed by atoms with Gasteiger partial charge in [0.05, 0.1) is 6.20 Å². The van der Waals surface area contributed by atoms with Crippen molar-refractivity contribution in [3.05, 3.63) is 33.2 Å². The maximum atomic E-state index is 11.9. The number of carboxylic acid groups (broad SMARTS) is 1. The topological polar surface area (TPSA) is 71.7 Å². The lowest BCUT2D eigenvalue weighted by Crippen LogP contribution is -2.23. The van der Waals surface area contributed by atoms with Crippen molar-refractivity contribution in [3.8, 4) is 0 Å². The van der Waals surface area contributed by atoms with Crippen LogP contribution in [0, 0.1) is 0 Å². The van der Waals surface area contributed by atoms with E-state index in [1.54, 1.807) is 0 Å². The lowest BCUT2D eigenvalue weighted by molar-refractivity contribution is 0.0694. The van der Waals surface area contributed by atoms with Gasteiger partial charge in [0.15, 0.2) is 4.96 Å². The number of hydrogen-bond donors (Lipinski definition) is 1. The van der Waals surface area contributed by atoms with Crippen LogP contribution in [0.3, 0.4) is 0 Å². The van der Waals surface area contributed by atoms with Crippen LogP contribution in [0.5, 0.6) is 0 Å². The Balaban J connectivity index is 2.86. The summed E-state index contributed by atoms with van der Waals surface area (Å²) in [4.78, 5) is 27.2. The van der Waals surface area contributed by atoms with E-state index in [9.17, 15) is 9.59 Å². The monoisotopic (exact) mass is 238 g/mol. The zero-order valence-corrected chi connectivity index (χ0v) is 9.61. The number of aromatic carboxylic acids is 1. The molecule has 0 aliphatic rings. The van der Waals surface area contributed by atoms with Crippen LogP contribution in [-0.4, -0.2) is 20.5 Å². The highest BCUT2D eigenvalue weighted by Crippen LogP contribution is 2.19. The van der Waals surface area contributed by atoms with Gasteiger partial charge in [-0.2, -0.15) is 0 Å². The molecule has 0 unspecified atom stereocenters. The SMILES string of the molecule is CC(C)c1csc2ncc(C(=O)O)c(=O)n12. The van der Waals surface area contributed by atoms with Gasteiger partial charge in [0.1, 0.15) is 5.56 Å². The molecular formula is C10H10N2O3S. The molecule has 0 atom stereocenters. The zero-order chi connectivity index (χ0) is 11.9. The van der Waals surface area contributed by atoms with E-state index in [1.807, 2.05) is 19.2 Å². The Morgan fingerprint density at radius 2 is 2.25 bits per heavy atom. The number of rotatable bonds is 2. The summed E-state index contributed by atoms with van der Waals surface area (Å²) in [7, 11) is 0. The Bertz CT molecular complexity index is 612. The minimum absolute atomic E-state index is 0.150. The molecule has 0 aliphatic carbocycles. The van der Waals surface area contributed by atoms with E-state index < -0.39 is 11.5 Å². The summed E-state index contributed by atoms with van der Waals surface area (Å²) in [6, 6.07) is 0. The average Bonchev–Trinajstić information content (AvgIpc) is 2.61. The van der Waals surface area contributed by atoms with Crippen molar-refractivity contribution in [3.63, 3.8) is 0 Å². The van der Waals surface area contributed by atoms with E-state index in [-0.39, 0.29) is 11.5 Å². The third-order valence-electron chi connectivity index (χ3n) is 2.29. The molecule has 0 saturated heterocycles. The smallest absolute Gasteiger partial charge is 0.342 e. The summed E-state index contributed by atoms with van der Waals surface area (Å²) in [5.41, 5.74) is -0.0131. The Labute approximate surface area is 95.0 Å². The first-order valence-electron chi connectivity index (χ1n) is 4.75. The molecule has 0 fully saturated rings. The van der Waals surface area contributed by atoms with Gasteiger partial charge in [0, 0.05) is 11.1 Å². The van der Waals surface area contributed by atoms with Crippen molar-refractivity contribution < 1.29 is 9.90 Å². The van der Waals surface area contributed by atoms with Crippen molar-refractivity contribution in [1.82, 2.24) is 9.38 Å². The third kappa shape index (κ3) is 1.51. The molecule has 2 aromatic rings. The molecule has 0 aromatic carbocycles. The van der Waals surface area contributed by atoms with Crippen molar-refractivity contribution >= 4 is 22.3 Å². The van der Waals surface area contributed by atoms with Gasteiger partial charge >= 0.3 is 5.97 Å².